The fourth-order valence-electron chi connectivity index (χ4n) is 2.09. The van der Waals surface area contributed by atoms with E-state index in [4.69, 9.17) is 4.74 Å². The second kappa shape index (κ2) is 7.65. The number of aryl methyl sites for hydroxylation is 1. The van der Waals surface area contributed by atoms with Crippen LogP contribution in [0.5, 0.6) is 0 Å². The van der Waals surface area contributed by atoms with Gasteiger partial charge in [0.2, 0.25) is 11.8 Å². The zero-order valence-corrected chi connectivity index (χ0v) is 11.5. The molecule has 0 spiro atoms. The van der Waals surface area contributed by atoms with E-state index in [9.17, 15) is 9.59 Å². The van der Waals surface area contributed by atoms with Crippen molar-refractivity contribution in [3.05, 3.63) is 35.9 Å². The predicted molar refractivity (Wildman–Crippen MR) is 75.2 cm³/mol. The predicted octanol–water partition coefficient (Wildman–Crippen LogP) is 0.594. The van der Waals surface area contributed by atoms with Gasteiger partial charge in [-0.2, -0.15) is 0 Å². The Kier molecular flexibility index (Phi) is 5.55. The van der Waals surface area contributed by atoms with E-state index in [2.05, 4.69) is 5.32 Å². The Morgan fingerprint density at radius 3 is 2.55 bits per heavy atom. The normalized spacial score (nSPS) is 14.9. The number of morpholine rings is 1. The lowest BCUT2D eigenvalue weighted by Gasteiger charge is -2.26. The highest BCUT2D eigenvalue weighted by atomic mass is 16.5. The molecule has 1 fully saturated rings. The number of nitrogens with one attached hydrogen (secondary N) is 1. The van der Waals surface area contributed by atoms with Crippen LogP contribution in [0.25, 0.3) is 0 Å². The number of ether oxygens (including phenoxy) is 1. The van der Waals surface area contributed by atoms with E-state index in [1.807, 2.05) is 30.3 Å². The van der Waals surface area contributed by atoms with E-state index in [-0.39, 0.29) is 18.4 Å². The van der Waals surface area contributed by atoms with Gasteiger partial charge in [0.25, 0.3) is 0 Å². The topological polar surface area (TPSA) is 58.6 Å². The Bertz CT molecular complexity index is 442. The third kappa shape index (κ3) is 4.66. The van der Waals surface area contributed by atoms with Gasteiger partial charge in [-0.15, -0.1) is 0 Å². The Morgan fingerprint density at radius 2 is 1.85 bits per heavy atom. The molecule has 20 heavy (non-hydrogen) atoms. The minimum absolute atomic E-state index is 0.0404. The Hall–Kier alpha value is -1.88. The highest BCUT2D eigenvalue weighted by Gasteiger charge is 2.16. The van der Waals surface area contributed by atoms with Gasteiger partial charge in [0.05, 0.1) is 19.8 Å². The lowest BCUT2D eigenvalue weighted by molar-refractivity contribution is -0.136. The number of carbonyl (C=O) groups is 2. The molecule has 0 unspecified atom stereocenters. The summed E-state index contributed by atoms with van der Waals surface area (Å²) in [6, 6.07) is 9.84. The van der Waals surface area contributed by atoms with E-state index in [1.54, 1.807) is 4.90 Å². The van der Waals surface area contributed by atoms with Gasteiger partial charge >= 0.3 is 0 Å². The van der Waals surface area contributed by atoms with E-state index < -0.39 is 0 Å². The molecule has 1 heterocycles. The van der Waals surface area contributed by atoms with Crippen LogP contribution in [-0.4, -0.2) is 49.6 Å². The number of carbonyl (C=O) groups excluding carboxylic acids is 2. The number of hydrogen-bond acceptors (Lipinski definition) is 3. The third-order valence-electron chi connectivity index (χ3n) is 3.28. The monoisotopic (exact) mass is 276 g/mol. The third-order valence-corrected chi connectivity index (χ3v) is 3.28. The highest BCUT2D eigenvalue weighted by molar-refractivity contribution is 5.84. The number of rotatable bonds is 5. The summed E-state index contributed by atoms with van der Waals surface area (Å²) in [5.74, 6) is -0.128. The summed E-state index contributed by atoms with van der Waals surface area (Å²) in [5.41, 5.74) is 1.13. The van der Waals surface area contributed by atoms with E-state index in [0.717, 1.165) is 5.56 Å². The summed E-state index contributed by atoms with van der Waals surface area (Å²) < 4.78 is 5.18. The first-order valence-electron chi connectivity index (χ1n) is 6.92. The maximum Gasteiger partial charge on any atom is 0.242 e. The molecule has 0 saturated carbocycles. The molecule has 1 aliphatic heterocycles. The lowest BCUT2D eigenvalue weighted by atomic mass is 10.1. The van der Waals surface area contributed by atoms with Crippen LogP contribution in [0.4, 0.5) is 0 Å². The summed E-state index contributed by atoms with van der Waals surface area (Å²) in [4.78, 5) is 25.3. The Labute approximate surface area is 118 Å². The van der Waals surface area contributed by atoms with Crippen molar-refractivity contribution in [2.24, 2.45) is 0 Å². The SMILES string of the molecule is O=C(CCc1ccccc1)NCC(=O)N1CCOCC1. The van der Waals surface area contributed by atoms with Crippen LogP contribution < -0.4 is 5.32 Å². The van der Waals surface area contributed by atoms with Crippen molar-refractivity contribution in [2.75, 3.05) is 32.8 Å². The maximum absolute atomic E-state index is 11.8. The molecule has 1 aromatic carbocycles. The van der Waals surface area contributed by atoms with Gasteiger partial charge in [-0.3, -0.25) is 9.59 Å². The molecule has 1 N–H and O–H groups in total. The summed E-state index contributed by atoms with van der Waals surface area (Å²) in [7, 11) is 0. The fraction of sp³-hybridized carbons (Fsp3) is 0.467. The molecule has 1 aliphatic rings. The second-order valence-corrected chi connectivity index (χ2v) is 4.76. The van der Waals surface area contributed by atoms with Crippen LogP contribution in [0.2, 0.25) is 0 Å². The first-order chi connectivity index (χ1) is 9.75. The molecular weight excluding hydrogens is 256 g/mol. The summed E-state index contributed by atoms with van der Waals surface area (Å²) in [5, 5.41) is 2.68. The average Bonchev–Trinajstić information content (AvgIpc) is 2.52. The van der Waals surface area contributed by atoms with Gasteiger partial charge in [0.1, 0.15) is 0 Å². The molecule has 0 atom stereocenters. The average molecular weight is 276 g/mol. The molecule has 1 aromatic rings. The van der Waals surface area contributed by atoms with Crippen molar-refractivity contribution < 1.29 is 14.3 Å². The van der Waals surface area contributed by atoms with E-state index in [1.165, 1.54) is 0 Å². The van der Waals surface area contributed by atoms with E-state index in [0.29, 0.717) is 39.1 Å². The Morgan fingerprint density at radius 1 is 1.15 bits per heavy atom. The number of hydrogen-bond donors (Lipinski definition) is 1. The minimum Gasteiger partial charge on any atom is -0.378 e. The first kappa shape index (κ1) is 14.5. The molecule has 0 aromatic heterocycles. The fourth-order valence-corrected chi connectivity index (χ4v) is 2.09. The van der Waals surface area contributed by atoms with Gasteiger partial charge < -0.3 is 15.0 Å². The van der Waals surface area contributed by atoms with E-state index >= 15 is 0 Å². The Balaban J connectivity index is 1.65. The lowest BCUT2D eigenvalue weighted by Crippen LogP contribution is -2.45. The smallest absolute Gasteiger partial charge is 0.242 e. The summed E-state index contributed by atoms with van der Waals surface area (Å²) in [6.45, 7) is 2.45. The van der Waals surface area contributed by atoms with Crippen molar-refractivity contribution in [3.8, 4) is 0 Å². The van der Waals surface area contributed by atoms with Gasteiger partial charge in [-0.05, 0) is 12.0 Å². The van der Waals surface area contributed by atoms with Crippen molar-refractivity contribution in [3.63, 3.8) is 0 Å². The van der Waals surface area contributed by atoms with Crippen molar-refractivity contribution in [1.82, 2.24) is 10.2 Å². The largest absolute Gasteiger partial charge is 0.378 e. The van der Waals surface area contributed by atoms with Crippen LogP contribution in [0.3, 0.4) is 0 Å². The molecule has 5 nitrogen and oxygen atoms in total. The van der Waals surface area contributed by atoms with Crippen LogP contribution in [0, 0.1) is 0 Å². The standard InChI is InChI=1S/C15H20N2O3/c18-14(7-6-13-4-2-1-3-5-13)16-12-15(19)17-8-10-20-11-9-17/h1-5H,6-12H2,(H,16,18). The molecule has 0 aliphatic carbocycles. The van der Waals surface area contributed by atoms with Crippen molar-refractivity contribution in [2.45, 2.75) is 12.8 Å². The van der Waals surface area contributed by atoms with Gasteiger partial charge in [-0.25, -0.2) is 0 Å². The zero-order valence-electron chi connectivity index (χ0n) is 11.5. The molecule has 0 radical (unpaired) electrons. The van der Waals surface area contributed by atoms with Crippen LogP contribution in [0.15, 0.2) is 30.3 Å². The first-order valence-corrected chi connectivity index (χ1v) is 6.92. The van der Waals surface area contributed by atoms with Gasteiger partial charge in [-0.1, -0.05) is 30.3 Å². The quantitative estimate of drug-likeness (QED) is 0.856. The molecule has 108 valence electrons. The summed E-state index contributed by atoms with van der Waals surface area (Å²) >= 11 is 0. The molecule has 5 heteroatoms. The molecule has 1 saturated heterocycles. The van der Waals surface area contributed by atoms with Gasteiger partial charge in [0.15, 0.2) is 0 Å². The molecule has 0 bridgehead atoms. The second-order valence-electron chi connectivity index (χ2n) is 4.76. The zero-order chi connectivity index (χ0) is 14.2. The summed E-state index contributed by atoms with van der Waals surface area (Å²) in [6.07, 6.45) is 1.10. The highest BCUT2D eigenvalue weighted by Crippen LogP contribution is 2.02. The maximum atomic E-state index is 11.8. The van der Waals surface area contributed by atoms with Crippen molar-refractivity contribution >= 4 is 11.8 Å². The van der Waals surface area contributed by atoms with Crippen molar-refractivity contribution in [1.29, 1.82) is 0 Å². The number of amides is 2. The van der Waals surface area contributed by atoms with Gasteiger partial charge in [0, 0.05) is 19.5 Å². The minimum atomic E-state index is -0.0875. The van der Waals surface area contributed by atoms with Crippen LogP contribution in [-0.2, 0) is 20.7 Å². The van der Waals surface area contributed by atoms with Crippen LogP contribution in [0.1, 0.15) is 12.0 Å². The molecular formula is C15H20N2O3. The molecule has 2 amide bonds. The number of nitrogens with zero attached hydrogens (tertiary/aromatic N) is 1. The molecule has 2 rings (SSSR count). The van der Waals surface area contributed by atoms with Crippen LogP contribution >= 0.6 is 0 Å². The number of benzene rings is 1.